The molecule has 122 valence electrons. The van der Waals surface area contributed by atoms with E-state index in [2.05, 4.69) is 50.0 Å². The van der Waals surface area contributed by atoms with Gasteiger partial charge in [-0.2, -0.15) is 0 Å². The lowest BCUT2D eigenvalue weighted by Crippen LogP contribution is -2.48. The molecule has 22 heavy (non-hydrogen) atoms. The van der Waals surface area contributed by atoms with Gasteiger partial charge in [0, 0.05) is 30.4 Å². The van der Waals surface area contributed by atoms with Crippen molar-refractivity contribution in [2.45, 2.75) is 71.8 Å². The standard InChI is InChI=1S/C19H30N2O/c1-6-7-8-11-21-18-12-16(20-15(3)22)9-10-17(18)14(2)13-19(21,4)5/h9-10,12,14H,6-8,11,13H2,1-5H3,(H,20,22). The molecule has 3 heteroatoms. The highest BCUT2D eigenvalue weighted by atomic mass is 16.1. The second-order valence-corrected chi connectivity index (χ2v) is 7.23. The summed E-state index contributed by atoms with van der Waals surface area (Å²) < 4.78 is 0. The Morgan fingerprint density at radius 1 is 1.36 bits per heavy atom. The molecule has 1 aliphatic rings. The fourth-order valence-electron chi connectivity index (χ4n) is 3.71. The fraction of sp³-hybridized carbons (Fsp3) is 0.632. The molecular formula is C19H30N2O. The van der Waals surface area contributed by atoms with E-state index >= 15 is 0 Å². The quantitative estimate of drug-likeness (QED) is 0.782. The molecule has 1 amide bonds. The number of nitrogens with zero attached hydrogens (tertiary/aromatic N) is 1. The summed E-state index contributed by atoms with van der Waals surface area (Å²) in [5, 5.41) is 2.92. The maximum atomic E-state index is 11.3. The molecule has 3 nitrogen and oxygen atoms in total. The molecule has 0 bridgehead atoms. The summed E-state index contributed by atoms with van der Waals surface area (Å²) in [6.07, 6.45) is 4.90. The van der Waals surface area contributed by atoms with E-state index in [1.54, 1.807) is 6.92 Å². The average Bonchev–Trinajstić information content (AvgIpc) is 2.41. The van der Waals surface area contributed by atoms with Gasteiger partial charge in [0.05, 0.1) is 0 Å². The van der Waals surface area contributed by atoms with Crippen LogP contribution in [0, 0.1) is 0 Å². The first-order valence-corrected chi connectivity index (χ1v) is 8.54. The van der Waals surface area contributed by atoms with E-state index < -0.39 is 0 Å². The first kappa shape index (κ1) is 16.9. The van der Waals surface area contributed by atoms with Crippen molar-refractivity contribution in [1.82, 2.24) is 0 Å². The molecule has 0 spiro atoms. The van der Waals surface area contributed by atoms with Crippen LogP contribution in [0.15, 0.2) is 18.2 Å². The van der Waals surface area contributed by atoms with Gasteiger partial charge in [-0.05, 0) is 50.3 Å². The van der Waals surface area contributed by atoms with Crippen LogP contribution in [0.3, 0.4) is 0 Å². The van der Waals surface area contributed by atoms with Gasteiger partial charge in [-0.25, -0.2) is 0 Å². The number of amides is 1. The fourth-order valence-corrected chi connectivity index (χ4v) is 3.71. The van der Waals surface area contributed by atoms with E-state index in [0.717, 1.165) is 12.2 Å². The van der Waals surface area contributed by atoms with Crippen LogP contribution in [0.2, 0.25) is 0 Å². The van der Waals surface area contributed by atoms with Crippen LogP contribution in [0.1, 0.15) is 71.8 Å². The van der Waals surface area contributed by atoms with E-state index in [1.807, 2.05) is 6.07 Å². The molecule has 1 unspecified atom stereocenters. The van der Waals surface area contributed by atoms with Gasteiger partial charge in [0.25, 0.3) is 0 Å². The molecular weight excluding hydrogens is 272 g/mol. The van der Waals surface area contributed by atoms with Crippen molar-refractivity contribution in [2.24, 2.45) is 0 Å². The normalized spacial score (nSPS) is 19.7. The van der Waals surface area contributed by atoms with Gasteiger partial charge in [0.15, 0.2) is 0 Å². The number of benzene rings is 1. The smallest absolute Gasteiger partial charge is 0.221 e. The number of carbonyl (C=O) groups excluding carboxylic acids is 1. The SMILES string of the molecule is CCCCCN1c2cc(NC(C)=O)ccc2C(C)CC1(C)C. The number of hydrogen-bond donors (Lipinski definition) is 1. The van der Waals surface area contributed by atoms with Gasteiger partial charge in [-0.1, -0.05) is 32.8 Å². The predicted octanol–water partition coefficient (Wildman–Crippen LogP) is 4.93. The molecule has 0 saturated carbocycles. The van der Waals surface area contributed by atoms with E-state index in [-0.39, 0.29) is 11.4 Å². The zero-order chi connectivity index (χ0) is 16.3. The summed E-state index contributed by atoms with van der Waals surface area (Å²) in [5.74, 6) is 0.541. The Bertz CT molecular complexity index is 536. The number of nitrogens with one attached hydrogen (secondary N) is 1. The lowest BCUT2D eigenvalue weighted by molar-refractivity contribution is -0.114. The summed E-state index contributed by atoms with van der Waals surface area (Å²) in [7, 11) is 0. The third-order valence-corrected chi connectivity index (χ3v) is 4.69. The van der Waals surface area contributed by atoms with Crippen molar-refractivity contribution in [1.29, 1.82) is 0 Å². The van der Waals surface area contributed by atoms with Crippen LogP contribution in [0.5, 0.6) is 0 Å². The molecule has 0 saturated heterocycles. The minimum atomic E-state index is -0.0133. The van der Waals surface area contributed by atoms with E-state index in [0.29, 0.717) is 5.92 Å². The molecule has 1 aromatic carbocycles. The monoisotopic (exact) mass is 302 g/mol. The van der Waals surface area contributed by atoms with Crippen molar-refractivity contribution in [3.63, 3.8) is 0 Å². The summed E-state index contributed by atoms with van der Waals surface area (Å²) >= 11 is 0. The zero-order valence-corrected chi connectivity index (χ0v) is 14.7. The van der Waals surface area contributed by atoms with Gasteiger partial charge >= 0.3 is 0 Å². The molecule has 0 aliphatic carbocycles. The van der Waals surface area contributed by atoms with Gasteiger partial charge in [0.1, 0.15) is 0 Å². The first-order valence-electron chi connectivity index (χ1n) is 8.54. The first-order chi connectivity index (χ1) is 10.3. The number of hydrogen-bond acceptors (Lipinski definition) is 2. The maximum absolute atomic E-state index is 11.3. The molecule has 1 atom stereocenters. The molecule has 1 heterocycles. The Kier molecular flexibility index (Phi) is 5.15. The van der Waals surface area contributed by atoms with Gasteiger partial charge in [-0.3, -0.25) is 4.79 Å². The van der Waals surface area contributed by atoms with Crippen LogP contribution >= 0.6 is 0 Å². The number of anilines is 2. The topological polar surface area (TPSA) is 32.3 Å². The minimum absolute atomic E-state index is 0.0133. The highest BCUT2D eigenvalue weighted by Gasteiger charge is 2.35. The zero-order valence-electron chi connectivity index (χ0n) is 14.7. The number of fused-ring (bicyclic) bond motifs is 1. The predicted molar refractivity (Wildman–Crippen MR) is 94.7 cm³/mol. The van der Waals surface area contributed by atoms with E-state index in [4.69, 9.17) is 0 Å². The molecule has 1 aliphatic heterocycles. The Morgan fingerprint density at radius 2 is 2.09 bits per heavy atom. The van der Waals surface area contributed by atoms with Crippen molar-refractivity contribution >= 4 is 17.3 Å². The van der Waals surface area contributed by atoms with Gasteiger partial charge in [0.2, 0.25) is 5.91 Å². The summed E-state index contributed by atoms with van der Waals surface area (Å²) in [5.41, 5.74) is 3.77. The molecule has 0 fully saturated rings. The molecule has 2 rings (SSSR count). The lowest BCUT2D eigenvalue weighted by atomic mass is 9.80. The highest BCUT2D eigenvalue weighted by molar-refractivity contribution is 5.89. The Morgan fingerprint density at radius 3 is 2.73 bits per heavy atom. The van der Waals surface area contributed by atoms with Crippen LogP contribution in [-0.4, -0.2) is 18.0 Å². The second kappa shape index (κ2) is 6.72. The van der Waals surface area contributed by atoms with Crippen LogP contribution in [0.4, 0.5) is 11.4 Å². The third kappa shape index (κ3) is 3.63. The van der Waals surface area contributed by atoms with E-state index in [9.17, 15) is 4.79 Å². The van der Waals surface area contributed by atoms with Crippen molar-refractivity contribution in [2.75, 3.05) is 16.8 Å². The Hall–Kier alpha value is -1.51. The van der Waals surface area contributed by atoms with Gasteiger partial charge < -0.3 is 10.2 Å². The molecule has 1 aromatic rings. The van der Waals surface area contributed by atoms with Crippen molar-refractivity contribution in [3.8, 4) is 0 Å². The Balaban J connectivity index is 2.36. The number of carbonyl (C=O) groups is 1. The second-order valence-electron chi connectivity index (χ2n) is 7.23. The summed E-state index contributed by atoms with van der Waals surface area (Å²) in [4.78, 5) is 13.9. The number of unbranched alkanes of at least 4 members (excludes halogenated alkanes) is 2. The minimum Gasteiger partial charge on any atom is -0.366 e. The van der Waals surface area contributed by atoms with Gasteiger partial charge in [-0.15, -0.1) is 0 Å². The average molecular weight is 302 g/mol. The third-order valence-electron chi connectivity index (χ3n) is 4.69. The van der Waals surface area contributed by atoms with Crippen LogP contribution in [-0.2, 0) is 4.79 Å². The molecule has 0 aromatic heterocycles. The van der Waals surface area contributed by atoms with Crippen LogP contribution in [0.25, 0.3) is 0 Å². The maximum Gasteiger partial charge on any atom is 0.221 e. The summed E-state index contributed by atoms with van der Waals surface area (Å²) in [6, 6.07) is 6.37. The van der Waals surface area contributed by atoms with Crippen molar-refractivity contribution < 1.29 is 4.79 Å². The number of rotatable bonds is 5. The lowest BCUT2D eigenvalue weighted by Gasteiger charge is -2.48. The largest absolute Gasteiger partial charge is 0.366 e. The molecule has 0 radical (unpaired) electrons. The molecule has 1 N–H and O–H groups in total. The van der Waals surface area contributed by atoms with E-state index in [1.165, 1.54) is 36.9 Å². The summed E-state index contributed by atoms with van der Waals surface area (Å²) in [6.45, 7) is 11.9. The van der Waals surface area contributed by atoms with Crippen molar-refractivity contribution in [3.05, 3.63) is 23.8 Å². The Labute approximate surface area is 135 Å². The van der Waals surface area contributed by atoms with Crippen LogP contribution < -0.4 is 10.2 Å². The highest BCUT2D eigenvalue weighted by Crippen LogP contribution is 2.44.